The smallest absolute Gasteiger partial charge is 0.384 e. The summed E-state index contributed by atoms with van der Waals surface area (Å²) in [7, 11) is 0. The van der Waals surface area contributed by atoms with Crippen molar-refractivity contribution in [3.05, 3.63) is 16.1 Å². The van der Waals surface area contributed by atoms with E-state index in [0.717, 1.165) is 19.3 Å². The minimum Gasteiger partial charge on any atom is -0.384 e. The Morgan fingerprint density at radius 2 is 2.18 bits per heavy atom. The fourth-order valence-electron chi connectivity index (χ4n) is 3.21. The highest BCUT2D eigenvalue weighted by atomic mass is 32.1. The molecule has 1 N–H and O–H groups in total. The van der Waals surface area contributed by atoms with Gasteiger partial charge >= 0.3 is 6.18 Å². The van der Waals surface area contributed by atoms with Crippen LogP contribution in [0.5, 0.6) is 0 Å². The van der Waals surface area contributed by atoms with Crippen molar-refractivity contribution in [1.29, 1.82) is 0 Å². The normalized spacial score (nSPS) is 36.7. The molecule has 2 aliphatic rings. The molecule has 0 saturated heterocycles. The molecule has 17 heavy (non-hydrogen) atoms. The minimum atomic E-state index is -4.41. The van der Waals surface area contributed by atoms with E-state index >= 15 is 0 Å². The Bertz CT molecular complexity index is 444. The first-order valence-corrected chi connectivity index (χ1v) is 6.47. The Labute approximate surface area is 100 Å². The van der Waals surface area contributed by atoms with Gasteiger partial charge in [0.05, 0.1) is 4.88 Å². The summed E-state index contributed by atoms with van der Waals surface area (Å²) in [5.41, 5.74) is -1.05. The number of alkyl halides is 3. The minimum absolute atomic E-state index is 0.119. The van der Waals surface area contributed by atoms with Crippen LogP contribution in [0.2, 0.25) is 0 Å². The zero-order chi connectivity index (χ0) is 12.3. The SMILES string of the molecule is OC1(c2cnc(C(F)(F)F)s2)CC2CCC1C2. The number of hydrogen-bond donors (Lipinski definition) is 1. The second-order valence-corrected chi connectivity index (χ2v) is 6.06. The summed E-state index contributed by atoms with van der Waals surface area (Å²) in [6, 6.07) is 0. The number of hydrogen-bond acceptors (Lipinski definition) is 3. The van der Waals surface area contributed by atoms with Gasteiger partial charge in [0, 0.05) is 6.20 Å². The number of halogens is 3. The first kappa shape index (κ1) is 11.5. The largest absolute Gasteiger partial charge is 0.443 e. The van der Waals surface area contributed by atoms with Gasteiger partial charge in [0.25, 0.3) is 0 Å². The summed E-state index contributed by atoms with van der Waals surface area (Å²) < 4.78 is 37.4. The van der Waals surface area contributed by atoms with Crippen molar-refractivity contribution in [1.82, 2.24) is 4.98 Å². The first-order valence-electron chi connectivity index (χ1n) is 5.65. The van der Waals surface area contributed by atoms with Crippen LogP contribution in [0.1, 0.15) is 35.6 Å². The van der Waals surface area contributed by atoms with Crippen LogP contribution in [-0.2, 0) is 11.8 Å². The average Bonchev–Trinajstić information content (AvgIpc) is 2.90. The van der Waals surface area contributed by atoms with E-state index in [4.69, 9.17) is 0 Å². The number of nitrogens with zero attached hydrogens (tertiary/aromatic N) is 1. The molecule has 0 spiro atoms. The van der Waals surface area contributed by atoms with Crippen LogP contribution in [0.25, 0.3) is 0 Å². The zero-order valence-corrected chi connectivity index (χ0v) is 9.81. The maximum atomic E-state index is 12.5. The van der Waals surface area contributed by atoms with Gasteiger partial charge in [-0.2, -0.15) is 13.2 Å². The highest BCUT2D eigenvalue weighted by Crippen LogP contribution is 2.56. The topological polar surface area (TPSA) is 33.1 Å². The van der Waals surface area contributed by atoms with E-state index in [1.807, 2.05) is 0 Å². The van der Waals surface area contributed by atoms with Crippen LogP contribution >= 0.6 is 11.3 Å². The number of thiazole rings is 1. The monoisotopic (exact) mass is 263 g/mol. The van der Waals surface area contributed by atoms with Crippen LogP contribution < -0.4 is 0 Å². The van der Waals surface area contributed by atoms with Gasteiger partial charge in [0.2, 0.25) is 0 Å². The van der Waals surface area contributed by atoms with Gasteiger partial charge in [-0.25, -0.2) is 4.98 Å². The van der Waals surface area contributed by atoms with Gasteiger partial charge in [-0.3, -0.25) is 0 Å². The fourth-order valence-corrected chi connectivity index (χ4v) is 4.17. The zero-order valence-electron chi connectivity index (χ0n) is 9.00. The highest BCUT2D eigenvalue weighted by molar-refractivity contribution is 7.11. The summed E-state index contributed by atoms with van der Waals surface area (Å²) in [6.45, 7) is 0. The Kier molecular flexibility index (Phi) is 2.32. The second kappa shape index (κ2) is 3.45. The van der Waals surface area contributed by atoms with Crippen molar-refractivity contribution in [2.24, 2.45) is 11.8 Å². The molecule has 3 atom stereocenters. The van der Waals surface area contributed by atoms with Crippen LogP contribution in [0.3, 0.4) is 0 Å². The van der Waals surface area contributed by atoms with Crippen molar-refractivity contribution < 1.29 is 18.3 Å². The third-order valence-electron chi connectivity index (χ3n) is 3.99. The molecule has 1 heterocycles. The quantitative estimate of drug-likeness (QED) is 0.844. The average molecular weight is 263 g/mol. The van der Waals surface area contributed by atoms with E-state index in [0.29, 0.717) is 28.6 Å². The lowest BCUT2D eigenvalue weighted by molar-refractivity contribution is -0.137. The maximum absolute atomic E-state index is 12.5. The summed E-state index contributed by atoms with van der Waals surface area (Å²) in [4.78, 5) is 3.78. The molecule has 0 amide bonds. The fraction of sp³-hybridized carbons (Fsp3) is 0.727. The highest BCUT2D eigenvalue weighted by Gasteiger charge is 2.52. The van der Waals surface area contributed by atoms with Crippen LogP contribution in [0, 0.1) is 11.8 Å². The lowest BCUT2D eigenvalue weighted by Gasteiger charge is -2.30. The second-order valence-electron chi connectivity index (χ2n) is 5.03. The van der Waals surface area contributed by atoms with Crippen LogP contribution in [-0.4, -0.2) is 10.1 Å². The molecule has 2 bridgehead atoms. The summed E-state index contributed by atoms with van der Waals surface area (Å²) in [5.74, 6) is 0.593. The Morgan fingerprint density at radius 3 is 2.65 bits per heavy atom. The van der Waals surface area contributed by atoms with Gasteiger partial charge in [0.15, 0.2) is 5.01 Å². The van der Waals surface area contributed by atoms with Gasteiger partial charge in [0.1, 0.15) is 5.60 Å². The number of rotatable bonds is 1. The molecule has 94 valence electrons. The Balaban J connectivity index is 1.92. The summed E-state index contributed by atoms with van der Waals surface area (Å²) in [5, 5.41) is 9.68. The molecule has 0 radical (unpaired) electrons. The standard InChI is InChI=1S/C11H12F3NOS/c12-11(13,14)9-15-5-8(17-9)10(16)4-6-1-2-7(10)3-6/h5-7,16H,1-4H2. The van der Waals surface area contributed by atoms with Crippen LogP contribution in [0.4, 0.5) is 13.2 Å². The molecule has 2 nitrogen and oxygen atoms in total. The van der Waals surface area contributed by atoms with E-state index in [2.05, 4.69) is 4.98 Å². The molecule has 0 aromatic carbocycles. The van der Waals surface area contributed by atoms with Gasteiger partial charge in [-0.05, 0) is 37.5 Å². The van der Waals surface area contributed by atoms with Crippen molar-refractivity contribution in [3.63, 3.8) is 0 Å². The Hall–Kier alpha value is -0.620. The predicted octanol–water partition coefficient (Wildman–Crippen LogP) is 3.17. The molecule has 1 aromatic heterocycles. The molecule has 0 aliphatic heterocycles. The van der Waals surface area contributed by atoms with E-state index in [1.54, 1.807) is 0 Å². The van der Waals surface area contributed by atoms with Gasteiger partial charge in [-0.1, -0.05) is 0 Å². The molecule has 3 rings (SSSR count). The van der Waals surface area contributed by atoms with Gasteiger partial charge < -0.3 is 5.11 Å². The molecule has 6 heteroatoms. The van der Waals surface area contributed by atoms with E-state index in [-0.39, 0.29) is 5.92 Å². The van der Waals surface area contributed by atoms with Crippen molar-refractivity contribution >= 4 is 11.3 Å². The van der Waals surface area contributed by atoms with E-state index < -0.39 is 16.8 Å². The van der Waals surface area contributed by atoms with E-state index in [1.165, 1.54) is 6.20 Å². The molecule has 2 saturated carbocycles. The summed E-state index contributed by atoms with van der Waals surface area (Å²) >= 11 is 0.589. The maximum Gasteiger partial charge on any atom is 0.443 e. The van der Waals surface area contributed by atoms with Crippen LogP contribution in [0.15, 0.2) is 6.20 Å². The lowest BCUT2D eigenvalue weighted by atomic mass is 9.83. The van der Waals surface area contributed by atoms with Crippen molar-refractivity contribution in [2.75, 3.05) is 0 Å². The molecular formula is C11H12F3NOS. The summed E-state index contributed by atoms with van der Waals surface area (Å²) in [6.07, 6.45) is 0.344. The Morgan fingerprint density at radius 1 is 1.41 bits per heavy atom. The van der Waals surface area contributed by atoms with Gasteiger partial charge in [-0.15, -0.1) is 11.3 Å². The molecular weight excluding hydrogens is 251 g/mol. The third-order valence-corrected chi connectivity index (χ3v) is 5.20. The third kappa shape index (κ3) is 1.69. The number of aliphatic hydroxyl groups is 1. The first-order chi connectivity index (χ1) is 7.89. The van der Waals surface area contributed by atoms with Crippen molar-refractivity contribution in [2.45, 2.75) is 37.5 Å². The molecule has 1 aromatic rings. The number of aromatic nitrogens is 1. The molecule has 3 unspecified atom stereocenters. The van der Waals surface area contributed by atoms with Crippen molar-refractivity contribution in [3.8, 4) is 0 Å². The number of fused-ring (bicyclic) bond motifs is 2. The molecule has 2 aliphatic carbocycles. The van der Waals surface area contributed by atoms with E-state index in [9.17, 15) is 18.3 Å². The predicted molar refractivity (Wildman–Crippen MR) is 56.5 cm³/mol. The molecule has 2 fully saturated rings. The lowest BCUT2D eigenvalue weighted by Crippen LogP contribution is -2.31.